The van der Waals surface area contributed by atoms with Crippen LogP contribution < -0.4 is 10.1 Å². The maximum Gasteiger partial charge on any atom is 0.261 e. The summed E-state index contributed by atoms with van der Waals surface area (Å²) in [7, 11) is 0. The number of carbonyl (C=O) groups is 1. The summed E-state index contributed by atoms with van der Waals surface area (Å²) >= 11 is 0. The largest absolute Gasteiger partial charge is 0.481 e. The molecule has 0 aromatic heterocycles. The molecule has 0 spiro atoms. The van der Waals surface area contributed by atoms with Crippen LogP contribution in [-0.4, -0.2) is 30.0 Å². The molecule has 1 heterocycles. The minimum atomic E-state index is -0.528. The summed E-state index contributed by atoms with van der Waals surface area (Å²) in [6.45, 7) is 9.74. The number of aryl methyl sites for hydroxylation is 2. The Labute approximate surface area is 162 Å². The second-order valence-electron chi connectivity index (χ2n) is 7.55. The zero-order chi connectivity index (χ0) is 19.2. The monoisotopic (exact) mass is 366 g/mol. The van der Waals surface area contributed by atoms with Crippen LogP contribution in [0.5, 0.6) is 5.75 Å². The molecule has 1 atom stereocenters. The molecule has 2 aromatic rings. The Morgan fingerprint density at radius 2 is 1.74 bits per heavy atom. The van der Waals surface area contributed by atoms with Crippen LogP contribution in [0.15, 0.2) is 42.5 Å². The first-order chi connectivity index (χ1) is 13.0. The van der Waals surface area contributed by atoms with Gasteiger partial charge in [-0.3, -0.25) is 9.69 Å². The third kappa shape index (κ3) is 5.57. The van der Waals surface area contributed by atoms with E-state index in [1.165, 1.54) is 31.5 Å². The van der Waals surface area contributed by atoms with Crippen LogP contribution in [0.1, 0.15) is 42.0 Å². The standard InChI is InChI=1S/C23H30N2O2/c1-17-6-7-18(2)22(14-17)27-19(3)23(26)24-15-20-8-10-21(11-9-20)16-25-12-4-5-13-25/h6-11,14,19H,4-5,12-13,15-16H2,1-3H3,(H,24,26). The lowest BCUT2D eigenvalue weighted by molar-refractivity contribution is -0.127. The van der Waals surface area contributed by atoms with E-state index in [1.54, 1.807) is 6.92 Å². The summed E-state index contributed by atoms with van der Waals surface area (Å²) < 4.78 is 5.85. The quantitative estimate of drug-likeness (QED) is 0.806. The summed E-state index contributed by atoms with van der Waals surface area (Å²) in [4.78, 5) is 14.9. The van der Waals surface area contributed by atoms with E-state index in [9.17, 15) is 4.79 Å². The van der Waals surface area contributed by atoms with Crippen LogP contribution in [-0.2, 0) is 17.9 Å². The molecule has 2 aromatic carbocycles. The van der Waals surface area contributed by atoms with Gasteiger partial charge in [0.2, 0.25) is 0 Å². The minimum Gasteiger partial charge on any atom is -0.481 e. The molecule has 3 rings (SSSR count). The van der Waals surface area contributed by atoms with Gasteiger partial charge in [0.15, 0.2) is 6.10 Å². The van der Waals surface area contributed by atoms with E-state index in [0.29, 0.717) is 6.54 Å². The molecule has 1 fully saturated rings. The van der Waals surface area contributed by atoms with Gasteiger partial charge in [-0.2, -0.15) is 0 Å². The number of amides is 1. The van der Waals surface area contributed by atoms with Crippen LogP contribution in [0.25, 0.3) is 0 Å². The zero-order valence-corrected chi connectivity index (χ0v) is 16.6. The summed E-state index contributed by atoms with van der Waals surface area (Å²) in [6, 6.07) is 14.5. The number of nitrogens with zero attached hydrogens (tertiary/aromatic N) is 1. The van der Waals surface area contributed by atoms with Crippen LogP contribution in [0.2, 0.25) is 0 Å². The van der Waals surface area contributed by atoms with Crippen molar-refractivity contribution in [3.05, 3.63) is 64.7 Å². The third-order valence-corrected chi connectivity index (χ3v) is 5.11. The number of carbonyl (C=O) groups excluding carboxylic acids is 1. The average molecular weight is 367 g/mol. The van der Waals surface area contributed by atoms with E-state index in [0.717, 1.165) is 29.0 Å². The Morgan fingerprint density at radius 1 is 1.07 bits per heavy atom. The maximum absolute atomic E-state index is 12.4. The van der Waals surface area contributed by atoms with Gasteiger partial charge in [-0.1, -0.05) is 36.4 Å². The van der Waals surface area contributed by atoms with Crippen molar-refractivity contribution in [1.82, 2.24) is 10.2 Å². The molecule has 1 amide bonds. The van der Waals surface area contributed by atoms with E-state index in [2.05, 4.69) is 34.5 Å². The Morgan fingerprint density at radius 3 is 2.44 bits per heavy atom. The molecule has 1 aliphatic heterocycles. The van der Waals surface area contributed by atoms with Gasteiger partial charge >= 0.3 is 0 Å². The number of ether oxygens (including phenoxy) is 1. The first-order valence-corrected chi connectivity index (χ1v) is 9.83. The van der Waals surface area contributed by atoms with Crippen LogP contribution in [0, 0.1) is 13.8 Å². The molecule has 1 aliphatic rings. The summed E-state index contributed by atoms with van der Waals surface area (Å²) in [5.74, 6) is 0.668. The smallest absolute Gasteiger partial charge is 0.261 e. The maximum atomic E-state index is 12.4. The fourth-order valence-corrected chi connectivity index (χ4v) is 3.37. The highest BCUT2D eigenvalue weighted by molar-refractivity contribution is 5.80. The van der Waals surface area contributed by atoms with Crippen molar-refractivity contribution < 1.29 is 9.53 Å². The lowest BCUT2D eigenvalue weighted by Crippen LogP contribution is -2.36. The van der Waals surface area contributed by atoms with Crippen molar-refractivity contribution in [2.45, 2.75) is 52.8 Å². The van der Waals surface area contributed by atoms with E-state index in [-0.39, 0.29) is 5.91 Å². The van der Waals surface area contributed by atoms with Gasteiger partial charge in [-0.15, -0.1) is 0 Å². The second-order valence-corrected chi connectivity index (χ2v) is 7.55. The van der Waals surface area contributed by atoms with Gasteiger partial charge in [0.25, 0.3) is 5.91 Å². The SMILES string of the molecule is Cc1ccc(C)c(OC(C)C(=O)NCc2ccc(CN3CCCC3)cc2)c1. The highest BCUT2D eigenvalue weighted by atomic mass is 16.5. The number of hydrogen-bond donors (Lipinski definition) is 1. The summed E-state index contributed by atoms with van der Waals surface area (Å²) in [5.41, 5.74) is 4.59. The van der Waals surface area contributed by atoms with Gasteiger partial charge in [0.05, 0.1) is 0 Å². The van der Waals surface area contributed by atoms with Crippen LogP contribution >= 0.6 is 0 Å². The van der Waals surface area contributed by atoms with E-state index in [4.69, 9.17) is 4.74 Å². The highest BCUT2D eigenvalue weighted by Crippen LogP contribution is 2.20. The number of rotatable bonds is 7. The van der Waals surface area contributed by atoms with Crippen LogP contribution in [0.3, 0.4) is 0 Å². The van der Waals surface area contributed by atoms with Crippen molar-refractivity contribution in [3.8, 4) is 5.75 Å². The summed E-state index contributed by atoms with van der Waals surface area (Å²) in [5, 5.41) is 2.97. The van der Waals surface area contributed by atoms with Crippen molar-refractivity contribution in [2.75, 3.05) is 13.1 Å². The molecule has 1 saturated heterocycles. The van der Waals surface area contributed by atoms with Gasteiger partial charge < -0.3 is 10.1 Å². The Balaban J connectivity index is 1.48. The first kappa shape index (κ1) is 19.4. The number of likely N-dealkylation sites (tertiary alicyclic amines) is 1. The van der Waals surface area contributed by atoms with Gasteiger partial charge in [-0.05, 0) is 75.0 Å². The lowest BCUT2D eigenvalue weighted by Gasteiger charge is -2.17. The van der Waals surface area contributed by atoms with Crippen molar-refractivity contribution in [1.29, 1.82) is 0 Å². The molecule has 0 radical (unpaired) electrons. The zero-order valence-electron chi connectivity index (χ0n) is 16.6. The number of benzene rings is 2. The van der Waals surface area contributed by atoms with Gasteiger partial charge in [0.1, 0.15) is 5.75 Å². The molecule has 1 unspecified atom stereocenters. The predicted molar refractivity (Wildman–Crippen MR) is 109 cm³/mol. The molecular formula is C23H30N2O2. The molecule has 1 N–H and O–H groups in total. The molecule has 27 heavy (non-hydrogen) atoms. The number of hydrogen-bond acceptors (Lipinski definition) is 3. The fraction of sp³-hybridized carbons (Fsp3) is 0.435. The number of nitrogens with one attached hydrogen (secondary N) is 1. The first-order valence-electron chi connectivity index (χ1n) is 9.83. The lowest BCUT2D eigenvalue weighted by atomic mass is 10.1. The van der Waals surface area contributed by atoms with Crippen molar-refractivity contribution in [3.63, 3.8) is 0 Å². The molecule has 0 aliphatic carbocycles. The fourth-order valence-electron chi connectivity index (χ4n) is 3.37. The molecule has 0 saturated carbocycles. The molecule has 4 nitrogen and oxygen atoms in total. The van der Waals surface area contributed by atoms with E-state index >= 15 is 0 Å². The summed E-state index contributed by atoms with van der Waals surface area (Å²) in [6.07, 6.45) is 2.10. The third-order valence-electron chi connectivity index (χ3n) is 5.11. The van der Waals surface area contributed by atoms with Gasteiger partial charge in [0, 0.05) is 13.1 Å². The van der Waals surface area contributed by atoms with Crippen molar-refractivity contribution in [2.24, 2.45) is 0 Å². The molecular weight excluding hydrogens is 336 g/mol. The highest BCUT2D eigenvalue weighted by Gasteiger charge is 2.16. The minimum absolute atomic E-state index is 0.1000. The Kier molecular flexibility index (Phi) is 6.51. The molecule has 144 valence electrons. The Hall–Kier alpha value is -2.33. The Bertz CT molecular complexity index is 764. The predicted octanol–water partition coefficient (Wildman–Crippen LogP) is 3.98. The topological polar surface area (TPSA) is 41.6 Å². The normalized spacial score (nSPS) is 15.5. The van der Waals surface area contributed by atoms with Gasteiger partial charge in [-0.25, -0.2) is 0 Å². The van der Waals surface area contributed by atoms with Crippen LogP contribution in [0.4, 0.5) is 0 Å². The average Bonchev–Trinajstić information content (AvgIpc) is 3.17. The van der Waals surface area contributed by atoms with Crippen molar-refractivity contribution >= 4 is 5.91 Å². The van der Waals surface area contributed by atoms with E-state index < -0.39 is 6.10 Å². The molecule has 4 heteroatoms. The second kappa shape index (κ2) is 9.05. The van der Waals surface area contributed by atoms with E-state index in [1.807, 2.05) is 32.0 Å². The molecule has 0 bridgehead atoms.